The third-order valence-electron chi connectivity index (χ3n) is 2.69. The van der Waals surface area contributed by atoms with E-state index in [1.54, 1.807) is 35.6 Å². The molecule has 0 saturated carbocycles. The lowest BCUT2D eigenvalue weighted by Crippen LogP contribution is -2.37. The van der Waals surface area contributed by atoms with Gasteiger partial charge in [0.2, 0.25) is 5.91 Å². The molecule has 2 aromatic rings. The Labute approximate surface area is 111 Å². The Balaban J connectivity index is 2.16. The first-order valence-corrected chi connectivity index (χ1v) is 5.78. The number of hydrogen-bond acceptors (Lipinski definition) is 2. The molecule has 1 heterocycles. The molecule has 0 unspecified atom stereocenters. The third kappa shape index (κ3) is 3.37. The quantitative estimate of drug-likeness (QED) is 0.932. The first-order valence-electron chi connectivity index (χ1n) is 5.78. The number of carbonyl (C=O) groups excluding carboxylic acids is 1. The summed E-state index contributed by atoms with van der Waals surface area (Å²) in [5.74, 6) is -0.861. The summed E-state index contributed by atoms with van der Waals surface area (Å²) in [6.45, 7) is -1.85. The van der Waals surface area contributed by atoms with Crippen LogP contribution in [0.2, 0.25) is 0 Å². The first kappa shape index (κ1) is 14.1. The van der Waals surface area contributed by atoms with Crippen molar-refractivity contribution in [2.45, 2.75) is 12.7 Å². The number of nitrogens with zero attached hydrogens (tertiary/aromatic N) is 1. The Hall–Kier alpha value is -2.31. The summed E-state index contributed by atoms with van der Waals surface area (Å²) < 4.78 is 37.0. The maximum atomic E-state index is 12.0. The topological polar surface area (TPSA) is 51.1 Å². The van der Waals surface area contributed by atoms with Crippen LogP contribution in [0, 0.1) is 0 Å². The predicted octanol–water partition coefficient (Wildman–Crippen LogP) is 1.68. The van der Waals surface area contributed by atoms with E-state index in [0.29, 0.717) is 10.8 Å². The number of benzene rings is 1. The van der Waals surface area contributed by atoms with E-state index < -0.39 is 30.7 Å². The predicted molar refractivity (Wildman–Crippen MR) is 67.3 cm³/mol. The van der Waals surface area contributed by atoms with E-state index in [0.717, 1.165) is 4.57 Å². The number of halogens is 3. The lowest BCUT2D eigenvalue weighted by molar-refractivity contribution is -0.138. The van der Waals surface area contributed by atoms with E-state index in [9.17, 15) is 22.8 Å². The smallest absolute Gasteiger partial charge is 0.345 e. The van der Waals surface area contributed by atoms with E-state index in [2.05, 4.69) is 0 Å². The molecule has 0 radical (unpaired) electrons. The van der Waals surface area contributed by atoms with Crippen molar-refractivity contribution in [3.63, 3.8) is 0 Å². The van der Waals surface area contributed by atoms with Crippen molar-refractivity contribution in [1.82, 2.24) is 9.88 Å². The van der Waals surface area contributed by atoms with E-state index in [-0.39, 0.29) is 0 Å². The second kappa shape index (κ2) is 5.36. The van der Waals surface area contributed by atoms with Crippen molar-refractivity contribution in [1.29, 1.82) is 0 Å². The maximum absolute atomic E-state index is 12.0. The van der Waals surface area contributed by atoms with E-state index in [4.69, 9.17) is 0 Å². The number of aromatic nitrogens is 1. The average Bonchev–Trinajstić information content (AvgIpc) is 2.39. The summed E-state index contributed by atoms with van der Waals surface area (Å²) in [6.07, 6.45) is -3.08. The van der Waals surface area contributed by atoms with Gasteiger partial charge >= 0.3 is 6.18 Å². The molecule has 2 rings (SSSR count). The van der Waals surface area contributed by atoms with Crippen molar-refractivity contribution in [2.24, 2.45) is 0 Å². The molecular formula is C13H11F3N2O2. The van der Waals surface area contributed by atoms with Crippen LogP contribution in [0.15, 0.2) is 41.3 Å². The fraction of sp³-hybridized carbons (Fsp3) is 0.231. The summed E-state index contributed by atoms with van der Waals surface area (Å²) in [5, 5.41) is 2.85. The highest BCUT2D eigenvalue weighted by molar-refractivity contribution is 5.82. The van der Waals surface area contributed by atoms with Gasteiger partial charge in [-0.2, -0.15) is 13.2 Å². The zero-order valence-electron chi connectivity index (χ0n) is 10.3. The minimum atomic E-state index is -4.47. The molecule has 0 aliphatic rings. The number of hydrogen-bond donors (Lipinski definition) is 1. The van der Waals surface area contributed by atoms with Crippen LogP contribution in [0.5, 0.6) is 0 Å². The zero-order valence-corrected chi connectivity index (χ0v) is 10.3. The van der Waals surface area contributed by atoms with Gasteiger partial charge in [-0.25, -0.2) is 0 Å². The van der Waals surface area contributed by atoms with Gasteiger partial charge in [-0.15, -0.1) is 0 Å². The molecule has 1 N–H and O–H groups in total. The van der Waals surface area contributed by atoms with Crippen LogP contribution in [0.4, 0.5) is 13.2 Å². The van der Waals surface area contributed by atoms with Crippen LogP contribution >= 0.6 is 0 Å². The maximum Gasteiger partial charge on any atom is 0.405 e. The van der Waals surface area contributed by atoms with Crippen LogP contribution in [0.1, 0.15) is 0 Å². The summed E-state index contributed by atoms with van der Waals surface area (Å²) >= 11 is 0. The van der Waals surface area contributed by atoms with Gasteiger partial charge in [-0.1, -0.05) is 18.2 Å². The molecule has 0 spiro atoms. The molecule has 0 fully saturated rings. The molecule has 1 aromatic heterocycles. The van der Waals surface area contributed by atoms with Crippen molar-refractivity contribution in [2.75, 3.05) is 6.54 Å². The lowest BCUT2D eigenvalue weighted by Gasteiger charge is -2.10. The second-order valence-electron chi connectivity index (χ2n) is 4.23. The van der Waals surface area contributed by atoms with Crippen LogP contribution in [-0.4, -0.2) is 23.2 Å². The van der Waals surface area contributed by atoms with Gasteiger partial charge in [0.05, 0.1) is 0 Å². The van der Waals surface area contributed by atoms with Gasteiger partial charge in [0.1, 0.15) is 13.1 Å². The number of nitrogens with one attached hydrogen (secondary N) is 1. The minimum Gasteiger partial charge on any atom is -0.345 e. The van der Waals surface area contributed by atoms with Crippen molar-refractivity contribution < 1.29 is 18.0 Å². The molecule has 20 heavy (non-hydrogen) atoms. The zero-order chi connectivity index (χ0) is 14.8. The van der Waals surface area contributed by atoms with Gasteiger partial charge in [0.15, 0.2) is 0 Å². The summed E-state index contributed by atoms with van der Waals surface area (Å²) in [6, 6.07) is 8.42. The monoisotopic (exact) mass is 284 g/mol. The van der Waals surface area contributed by atoms with Gasteiger partial charge in [0.25, 0.3) is 5.56 Å². The molecule has 1 amide bonds. The van der Waals surface area contributed by atoms with Crippen LogP contribution < -0.4 is 10.9 Å². The normalized spacial score (nSPS) is 11.6. The molecule has 4 nitrogen and oxygen atoms in total. The Morgan fingerprint density at radius 2 is 1.90 bits per heavy atom. The summed E-state index contributed by atoms with van der Waals surface area (Å²) in [5.41, 5.74) is -0.412. The SMILES string of the molecule is O=C(Cn1ccc2ccccc2c1=O)NCC(F)(F)F. The first-order chi connectivity index (χ1) is 9.37. The second-order valence-corrected chi connectivity index (χ2v) is 4.23. The molecule has 0 aliphatic heterocycles. The van der Waals surface area contributed by atoms with Gasteiger partial charge in [-0.3, -0.25) is 9.59 Å². The largest absolute Gasteiger partial charge is 0.405 e. The van der Waals surface area contributed by atoms with Crippen molar-refractivity contribution in [3.8, 4) is 0 Å². The standard InChI is InChI=1S/C13H11F3N2O2/c14-13(15,16)8-17-11(19)7-18-6-5-9-3-1-2-4-10(9)12(18)20/h1-6H,7-8H2,(H,17,19). The van der Waals surface area contributed by atoms with Crippen LogP contribution in [0.25, 0.3) is 10.8 Å². The summed E-state index contributed by atoms with van der Waals surface area (Å²) in [7, 11) is 0. The third-order valence-corrected chi connectivity index (χ3v) is 2.69. The minimum absolute atomic E-state index is 0.412. The fourth-order valence-corrected chi connectivity index (χ4v) is 1.76. The molecule has 1 aromatic carbocycles. The fourth-order valence-electron chi connectivity index (χ4n) is 1.76. The molecule has 0 aliphatic carbocycles. The van der Waals surface area contributed by atoms with E-state index in [1.165, 1.54) is 6.20 Å². The number of fused-ring (bicyclic) bond motifs is 1. The highest BCUT2D eigenvalue weighted by Crippen LogP contribution is 2.12. The lowest BCUT2D eigenvalue weighted by atomic mass is 10.2. The van der Waals surface area contributed by atoms with Crippen LogP contribution in [0.3, 0.4) is 0 Å². The molecule has 0 bridgehead atoms. The Morgan fingerprint density at radius 1 is 1.20 bits per heavy atom. The Bertz CT molecular complexity index is 692. The number of amides is 1. The molecular weight excluding hydrogens is 273 g/mol. The average molecular weight is 284 g/mol. The molecule has 0 saturated heterocycles. The number of carbonyl (C=O) groups is 1. The van der Waals surface area contributed by atoms with Gasteiger partial charge < -0.3 is 9.88 Å². The van der Waals surface area contributed by atoms with Gasteiger partial charge in [-0.05, 0) is 17.5 Å². The Morgan fingerprint density at radius 3 is 2.60 bits per heavy atom. The van der Waals surface area contributed by atoms with Crippen LogP contribution in [-0.2, 0) is 11.3 Å². The van der Waals surface area contributed by atoms with Crippen molar-refractivity contribution in [3.05, 3.63) is 46.9 Å². The van der Waals surface area contributed by atoms with E-state index in [1.807, 2.05) is 0 Å². The Kier molecular flexibility index (Phi) is 3.78. The van der Waals surface area contributed by atoms with Crippen molar-refractivity contribution >= 4 is 16.7 Å². The van der Waals surface area contributed by atoms with E-state index >= 15 is 0 Å². The molecule has 7 heteroatoms. The number of pyridine rings is 1. The molecule has 106 valence electrons. The summed E-state index contributed by atoms with van der Waals surface area (Å²) in [4.78, 5) is 23.4. The molecule has 0 atom stereocenters. The highest BCUT2D eigenvalue weighted by Gasteiger charge is 2.27. The van der Waals surface area contributed by atoms with Gasteiger partial charge in [0, 0.05) is 11.6 Å². The number of rotatable bonds is 3. The number of alkyl halides is 3. The highest BCUT2D eigenvalue weighted by atomic mass is 19.4.